The molecule has 0 aliphatic heterocycles. The number of amides is 2. The van der Waals surface area contributed by atoms with E-state index in [1.165, 1.54) is 0 Å². The Kier molecular flexibility index (Phi) is 6.78. The lowest BCUT2D eigenvalue weighted by Gasteiger charge is -2.19. The molecule has 0 saturated heterocycles. The molecule has 116 valence electrons. The maximum atomic E-state index is 11.8. The predicted molar refractivity (Wildman–Crippen MR) is 82.9 cm³/mol. The Labute approximate surface area is 133 Å². The number of aliphatic carboxylic acids is 1. The van der Waals surface area contributed by atoms with E-state index in [2.05, 4.69) is 10.6 Å². The normalized spacial score (nSPS) is 13.3. The molecule has 0 saturated carbocycles. The first-order chi connectivity index (χ1) is 9.79. The van der Waals surface area contributed by atoms with Gasteiger partial charge in [0.05, 0.1) is 6.04 Å². The van der Waals surface area contributed by atoms with Crippen LogP contribution in [0.3, 0.4) is 0 Å². The largest absolute Gasteiger partial charge is 0.481 e. The molecule has 2 unspecified atom stereocenters. The first kappa shape index (κ1) is 17.6. The Morgan fingerprint density at radius 1 is 1.24 bits per heavy atom. The number of halogens is 2. The molecule has 7 heteroatoms. The van der Waals surface area contributed by atoms with Gasteiger partial charge < -0.3 is 15.7 Å². The molecule has 2 atom stereocenters. The number of hydrogen-bond donors (Lipinski definition) is 3. The third kappa shape index (κ3) is 6.23. The Bertz CT molecular complexity index is 523. The SMILES string of the molecule is CC(CCC(=O)O)NC(=O)NC(C)c1ccc(Cl)cc1Cl. The number of nitrogens with one attached hydrogen (secondary N) is 2. The number of carboxylic acid groups (broad SMARTS) is 1. The van der Waals surface area contributed by atoms with Crippen LogP contribution in [0.2, 0.25) is 10.0 Å². The van der Waals surface area contributed by atoms with Crippen LogP contribution in [-0.4, -0.2) is 23.1 Å². The second-order valence-electron chi connectivity index (χ2n) is 4.84. The van der Waals surface area contributed by atoms with Crippen LogP contribution in [0.1, 0.15) is 38.3 Å². The molecule has 3 N–H and O–H groups in total. The molecule has 0 fully saturated rings. The zero-order valence-corrected chi connectivity index (χ0v) is 13.3. The van der Waals surface area contributed by atoms with E-state index in [0.717, 1.165) is 5.56 Å². The molecule has 1 rings (SSSR count). The summed E-state index contributed by atoms with van der Waals surface area (Å²) in [4.78, 5) is 22.3. The summed E-state index contributed by atoms with van der Waals surface area (Å²) < 4.78 is 0. The molecular weight excluding hydrogens is 315 g/mol. The molecule has 0 radical (unpaired) electrons. The van der Waals surface area contributed by atoms with Crippen molar-refractivity contribution in [3.05, 3.63) is 33.8 Å². The van der Waals surface area contributed by atoms with Crippen molar-refractivity contribution in [1.82, 2.24) is 10.6 Å². The maximum absolute atomic E-state index is 11.8. The first-order valence-electron chi connectivity index (χ1n) is 6.53. The van der Waals surface area contributed by atoms with Gasteiger partial charge in [0.25, 0.3) is 0 Å². The summed E-state index contributed by atoms with van der Waals surface area (Å²) in [6.07, 6.45) is 0.388. The molecule has 1 aromatic rings. The summed E-state index contributed by atoms with van der Waals surface area (Å²) in [5, 5.41) is 15.0. The van der Waals surface area contributed by atoms with Gasteiger partial charge in [-0.05, 0) is 38.0 Å². The van der Waals surface area contributed by atoms with Gasteiger partial charge in [-0.3, -0.25) is 4.79 Å². The fourth-order valence-corrected chi connectivity index (χ4v) is 2.38. The van der Waals surface area contributed by atoms with Crippen molar-refractivity contribution in [2.45, 2.75) is 38.8 Å². The van der Waals surface area contributed by atoms with Crippen LogP contribution in [-0.2, 0) is 4.79 Å². The third-order valence-corrected chi connectivity index (χ3v) is 3.51. The van der Waals surface area contributed by atoms with Gasteiger partial charge >= 0.3 is 12.0 Å². The highest BCUT2D eigenvalue weighted by Crippen LogP contribution is 2.25. The summed E-state index contributed by atoms with van der Waals surface area (Å²) in [6, 6.07) is 4.18. The van der Waals surface area contributed by atoms with Crippen LogP contribution in [0.15, 0.2) is 18.2 Å². The van der Waals surface area contributed by atoms with Crippen molar-refractivity contribution in [1.29, 1.82) is 0 Å². The summed E-state index contributed by atoms with van der Waals surface area (Å²) in [5.74, 6) is -0.884. The van der Waals surface area contributed by atoms with Gasteiger partial charge in [0.15, 0.2) is 0 Å². The lowest BCUT2D eigenvalue weighted by atomic mass is 10.1. The van der Waals surface area contributed by atoms with Crippen molar-refractivity contribution in [3.63, 3.8) is 0 Å². The van der Waals surface area contributed by atoms with Gasteiger partial charge in [-0.15, -0.1) is 0 Å². The fraction of sp³-hybridized carbons (Fsp3) is 0.429. The minimum Gasteiger partial charge on any atom is -0.481 e. The van der Waals surface area contributed by atoms with Gasteiger partial charge in [-0.25, -0.2) is 4.79 Å². The molecule has 2 amide bonds. The van der Waals surface area contributed by atoms with Crippen molar-refractivity contribution in [3.8, 4) is 0 Å². The van der Waals surface area contributed by atoms with Crippen LogP contribution in [0.5, 0.6) is 0 Å². The van der Waals surface area contributed by atoms with E-state index < -0.39 is 5.97 Å². The standard InChI is InChI=1S/C14H18Cl2N2O3/c1-8(3-6-13(19)20)17-14(21)18-9(2)11-5-4-10(15)7-12(11)16/h4-5,7-9H,3,6H2,1-2H3,(H,19,20)(H2,17,18,21). The number of hydrogen-bond acceptors (Lipinski definition) is 2. The van der Waals surface area contributed by atoms with Crippen molar-refractivity contribution in [2.24, 2.45) is 0 Å². The molecule has 0 bridgehead atoms. The average Bonchev–Trinajstić information content (AvgIpc) is 2.35. The van der Waals surface area contributed by atoms with Gasteiger partial charge in [0.1, 0.15) is 0 Å². The zero-order valence-electron chi connectivity index (χ0n) is 11.8. The smallest absolute Gasteiger partial charge is 0.315 e. The third-order valence-electron chi connectivity index (χ3n) is 2.95. The van der Waals surface area contributed by atoms with E-state index in [1.807, 2.05) is 0 Å². The van der Waals surface area contributed by atoms with Crippen molar-refractivity contribution < 1.29 is 14.7 Å². The van der Waals surface area contributed by atoms with Gasteiger partial charge in [0, 0.05) is 22.5 Å². The topological polar surface area (TPSA) is 78.4 Å². The Morgan fingerprint density at radius 2 is 1.90 bits per heavy atom. The summed E-state index contributed by atoms with van der Waals surface area (Å²) >= 11 is 11.9. The lowest BCUT2D eigenvalue weighted by molar-refractivity contribution is -0.137. The highest BCUT2D eigenvalue weighted by Gasteiger charge is 2.14. The Morgan fingerprint density at radius 3 is 2.48 bits per heavy atom. The van der Waals surface area contributed by atoms with E-state index in [-0.39, 0.29) is 24.5 Å². The minimum atomic E-state index is -0.884. The maximum Gasteiger partial charge on any atom is 0.315 e. The highest BCUT2D eigenvalue weighted by atomic mass is 35.5. The number of urea groups is 1. The van der Waals surface area contributed by atoms with E-state index in [1.54, 1.807) is 32.0 Å². The Hall–Kier alpha value is -1.46. The van der Waals surface area contributed by atoms with Crippen LogP contribution in [0.4, 0.5) is 4.79 Å². The molecule has 5 nitrogen and oxygen atoms in total. The summed E-state index contributed by atoms with van der Waals surface area (Å²) in [6.45, 7) is 3.55. The van der Waals surface area contributed by atoms with E-state index in [0.29, 0.717) is 16.5 Å². The van der Waals surface area contributed by atoms with Crippen LogP contribution in [0, 0.1) is 0 Å². The predicted octanol–water partition coefficient (Wildman–Crippen LogP) is 3.61. The number of benzene rings is 1. The van der Waals surface area contributed by atoms with Crippen LogP contribution < -0.4 is 10.6 Å². The molecule has 0 aliphatic rings. The van der Waals surface area contributed by atoms with Crippen molar-refractivity contribution in [2.75, 3.05) is 0 Å². The minimum absolute atomic E-state index is 0.0139. The molecule has 0 aromatic heterocycles. The Balaban J connectivity index is 2.52. The molecule has 0 aliphatic carbocycles. The molecule has 21 heavy (non-hydrogen) atoms. The quantitative estimate of drug-likeness (QED) is 0.744. The second-order valence-corrected chi connectivity index (χ2v) is 5.68. The average molecular weight is 333 g/mol. The number of carboxylic acids is 1. The number of carbonyl (C=O) groups is 2. The number of rotatable bonds is 6. The van der Waals surface area contributed by atoms with Crippen LogP contribution in [0.25, 0.3) is 0 Å². The second kappa shape index (κ2) is 8.10. The molecular formula is C14H18Cl2N2O3. The molecule has 1 aromatic carbocycles. The molecule has 0 spiro atoms. The summed E-state index contributed by atoms with van der Waals surface area (Å²) in [5.41, 5.74) is 0.759. The molecule has 0 heterocycles. The summed E-state index contributed by atoms with van der Waals surface area (Å²) in [7, 11) is 0. The lowest BCUT2D eigenvalue weighted by Crippen LogP contribution is -2.42. The van der Waals surface area contributed by atoms with Gasteiger partial charge in [-0.1, -0.05) is 29.3 Å². The van der Waals surface area contributed by atoms with Gasteiger partial charge in [0.2, 0.25) is 0 Å². The van der Waals surface area contributed by atoms with Crippen LogP contribution >= 0.6 is 23.2 Å². The van der Waals surface area contributed by atoms with E-state index in [4.69, 9.17) is 28.3 Å². The fourth-order valence-electron chi connectivity index (χ4n) is 1.80. The van der Waals surface area contributed by atoms with E-state index in [9.17, 15) is 9.59 Å². The monoisotopic (exact) mass is 332 g/mol. The highest BCUT2D eigenvalue weighted by molar-refractivity contribution is 6.35. The zero-order chi connectivity index (χ0) is 16.0. The van der Waals surface area contributed by atoms with E-state index >= 15 is 0 Å². The van der Waals surface area contributed by atoms with Gasteiger partial charge in [-0.2, -0.15) is 0 Å². The first-order valence-corrected chi connectivity index (χ1v) is 7.29. The van der Waals surface area contributed by atoms with Crippen molar-refractivity contribution >= 4 is 35.2 Å². The number of carbonyl (C=O) groups excluding carboxylic acids is 1.